The topological polar surface area (TPSA) is 58.8 Å². The fraction of sp³-hybridized carbons (Fsp3) is 0.682. The van der Waals surface area contributed by atoms with Crippen LogP contribution in [0, 0.1) is 11.7 Å². The maximum absolute atomic E-state index is 14.9. The minimum absolute atomic E-state index is 0.214. The number of anilines is 2. The average Bonchev–Trinajstić information content (AvgIpc) is 2.61. The highest BCUT2D eigenvalue weighted by Gasteiger charge is 2.29. The molecule has 2 saturated heterocycles. The Balaban J connectivity index is 1.65. The number of ether oxygens (including phenoxy) is 1. The Kier molecular flexibility index (Phi) is 6.06. The van der Waals surface area contributed by atoms with Crippen LogP contribution < -0.4 is 10.6 Å². The molecule has 2 aliphatic rings. The molecule has 0 atom stereocenters. The van der Waals surface area contributed by atoms with Gasteiger partial charge in [0.15, 0.2) is 0 Å². The first-order valence-corrected chi connectivity index (χ1v) is 10.5. The van der Waals surface area contributed by atoms with Crippen LogP contribution in [0.2, 0.25) is 0 Å². The number of piperidine rings is 2. The summed E-state index contributed by atoms with van der Waals surface area (Å²) in [5, 5.41) is 0. The number of halogens is 1. The monoisotopic (exact) mass is 391 g/mol. The third-order valence-corrected chi connectivity index (χ3v) is 5.83. The Morgan fingerprint density at radius 1 is 1.11 bits per heavy atom. The molecule has 2 fully saturated rings. The summed E-state index contributed by atoms with van der Waals surface area (Å²) in [7, 11) is 0. The van der Waals surface area contributed by atoms with E-state index in [0.717, 1.165) is 44.3 Å². The fourth-order valence-corrected chi connectivity index (χ4v) is 4.17. The molecule has 0 saturated carbocycles. The second-order valence-electron chi connectivity index (χ2n) is 9.35. The van der Waals surface area contributed by atoms with E-state index in [0.29, 0.717) is 30.4 Å². The van der Waals surface area contributed by atoms with E-state index in [2.05, 4.69) is 11.8 Å². The van der Waals surface area contributed by atoms with Gasteiger partial charge < -0.3 is 20.3 Å². The summed E-state index contributed by atoms with van der Waals surface area (Å²) in [5.74, 6) is 0.681. The molecular formula is C22H34FN3O2. The van der Waals surface area contributed by atoms with Gasteiger partial charge in [0, 0.05) is 26.2 Å². The molecule has 0 aliphatic carbocycles. The summed E-state index contributed by atoms with van der Waals surface area (Å²) in [4.78, 5) is 16.0. The number of hydrogen-bond acceptors (Lipinski definition) is 4. The van der Waals surface area contributed by atoms with E-state index in [9.17, 15) is 9.18 Å². The van der Waals surface area contributed by atoms with Crippen LogP contribution in [0.1, 0.15) is 64.9 Å². The number of nitrogen functional groups attached to an aromatic ring is 1. The number of hydrogen-bond donors (Lipinski definition) is 1. The standard InChI is InChI=1S/C22H34FN3O2/c1-15-5-9-25(10-6-15)20-18(23)13-17(14-19(20)24)16-7-11-26(12-8-16)21(27)28-22(2,3)4/h13-16H,5-12,24H2,1-4H3. The highest BCUT2D eigenvalue weighted by molar-refractivity contribution is 5.70. The largest absolute Gasteiger partial charge is 0.444 e. The Hall–Kier alpha value is -1.98. The van der Waals surface area contributed by atoms with E-state index in [1.54, 1.807) is 11.0 Å². The van der Waals surface area contributed by atoms with Crippen LogP contribution in [0.25, 0.3) is 0 Å². The van der Waals surface area contributed by atoms with Crippen molar-refractivity contribution in [2.75, 3.05) is 36.8 Å². The van der Waals surface area contributed by atoms with Crippen LogP contribution in [0.3, 0.4) is 0 Å². The SMILES string of the molecule is CC1CCN(c2c(N)cc(C3CCN(C(=O)OC(C)(C)C)CC3)cc2F)CC1. The van der Waals surface area contributed by atoms with E-state index in [1.165, 1.54) is 0 Å². The van der Waals surface area contributed by atoms with Crippen LogP contribution in [0.5, 0.6) is 0 Å². The second-order valence-corrected chi connectivity index (χ2v) is 9.35. The predicted molar refractivity (Wildman–Crippen MR) is 111 cm³/mol. The Morgan fingerprint density at radius 2 is 1.71 bits per heavy atom. The summed E-state index contributed by atoms with van der Waals surface area (Å²) in [6, 6.07) is 3.59. The van der Waals surface area contributed by atoms with Gasteiger partial charge in [-0.3, -0.25) is 0 Å². The molecule has 2 heterocycles. The number of nitrogens with two attached hydrogens (primary N) is 1. The Bertz CT molecular complexity index is 677. The third-order valence-electron chi connectivity index (χ3n) is 5.83. The zero-order valence-electron chi connectivity index (χ0n) is 17.6. The van der Waals surface area contributed by atoms with Gasteiger partial charge in [0.1, 0.15) is 11.4 Å². The van der Waals surface area contributed by atoms with Gasteiger partial charge in [0.2, 0.25) is 0 Å². The van der Waals surface area contributed by atoms with Crippen LogP contribution in [-0.2, 0) is 4.74 Å². The summed E-state index contributed by atoms with van der Waals surface area (Å²) >= 11 is 0. The number of benzene rings is 1. The molecule has 0 radical (unpaired) electrons. The van der Waals surface area contributed by atoms with E-state index in [1.807, 2.05) is 26.8 Å². The number of nitrogens with zero attached hydrogens (tertiary/aromatic N) is 2. The lowest BCUT2D eigenvalue weighted by Gasteiger charge is -2.35. The molecule has 0 spiro atoms. The van der Waals surface area contributed by atoms with Gasteiger partial charge in [-0.05, 0) is 76.0 Å². The highest BCUT2D eigenvalue weighted by Crippen LogP contribution is 2.36. The first kappa shape index (κ1) is 20.7. The molecule has 2 aliphatic heterocycles. The van der Waals surface area contributed by atoms with Gasteiger partial charge >= 0.3 is 6.09 Å². The molecule has 2 N–H and O–H groups in total. The van der Waals surface area contributed by atoms with Gasteiger partial charge in [0.05, 0.1) is 11.4 Å². The van der Waals surface area contributed by atoms with Crippen molar-refractivity contribution in [2.45, 2.75) is 64.9 Å². The molecule has 0 aromatic heterocycles. The molecule has 5 nitrogen and oxygen atoms in total. The number of rotatable bonds is 2. The zero-order chi connectivity index (χ0) is 20.5. The maximum Gasteiger partial charge on any atom is 0.410 e. The van der Waals surface area contributed by atoms with Crippen molar-refractivity contribution in [3.05, 3.63) is 23.5 Å². The lowest BCUT2D eigenvalue weighted by molar-refractivity contribution is 0.0205. The lowest BCUT2D eigenvalue weighted by Crippen LogP contribution is -2.41. The van der Waals surface area contributed by atoms with Crippen molar-refractivity contribution < 1.29 is 13.9 Å². The number of carbonyl (C=O) groups excluding carboxylic acids is 1. The molecule has 0 bridgehead atoms. The van der Waals surface area contributed by atoms with Crippen LogP contribution >= 0.6 is 0 Å². The smallest absolute Gasteiger partial charge is 0.410 e. The van der Waals surface area contributed by atoms with Crippen molar-refractivity contribution in [1.82, 2.24) is 4.90 Å². The van der Waals surface area contributed by atoms with Gasteiger partial charge in [-0.2, -0.15) is 0 Å². The van der Waals surface area contributed by atoms with Crippen molar-refractivity contribution in [3.63, 3.8) is 0 Å². The molecule has 1 amide bonds. The van der Waals surface area contributed by atoms with Crippen molar-refractivity contribution in [3.8, 4) is 0 Å². The normalized spacial score (nSPS) is 19.8. The number of carbonyl (C=O) groups is 1. The van der Waals surface area contributed by atoms with E-state index < -0.39 is 5.60 Å². The van der Waals surface area contributed by atoms with Gasteiger partial charge in [-0.1, -0.05) is 6.92 Å². The summed E-state index contributed by atoms with van der Waals surface area (Å²) < 4.78 is 20.4. The summed E-state index contributed by atoms with van der Waals surface area (Å²) in [6.45, 7) is 10.8. The van der Waals surface area contributed by atoms with E-state index in [-0.39, 0.29) is 17.8 Å². The number of amides is 1. The van der Waals surface area contributed by atoms with Crippen LogP contribution in [0.4, 0.5) is 20.6 Å². The fourth-order valence-electron chi connectivity index (χ4n) is 4.17. The second kappa shape index (κ2) is 8.18. The minimum atomic E-state index is -0.492. The quantitative estimate of drug-likeness (QED) is 0.739. The predicted octanol–water partition coefficient (Wildman–Crippen LogP) is 4.76. The molecule has 6 heteroatoms. The first-order valence-electron chi connectivity index (χ1n) is 10.5. The minimum Gasteiger partial charge on any atom is -0.444 e. The van der Waals surface area contributed by atoms with Gasteiger partial charge in [-0.25, -0.2) is 9.18 Å². The average molecular weight is 392 g/mol. The number of likely N-dealkylation sites (tertiary alicyclic amines) is 1. The Morgan fingerprint density at radius 3 is 2.25 bits per heavy atom. The third kappa shape index (κ3) is 4.89. The Labute approximate surface area is 168 Å². The van der Waals surface area contributed by atoms with Crippen molar-refractivity contribution in [1.29, 1.82) is 0 Å². The van der Waals surface area contributed by atoms with Crippen LogP contribution in [0.15, 0.2) is 12.1 Å². The van der Waals surface area contributed by atoms with Gasteiger partial charge in [0.25, 0.3) is 0 Å². The highest BCUT2D eigenvalue weighted by atomic mass is 19.1. The van der Waals surface area contributed by atoms with Crippen LogP contribution in [-0.4, -0.2) is 42.8 Å². The molecule has 156 valence electrons. The van der Waals surface area contributed by atoms with Gasteiger partial charge in [-0.15, -0.1) is 0 Å². The molecule has 0 unspecified atom stereocenters. The van der Waals surface area contributed by atoms with E-state index in [4.69, 9.17) is 10.5 Å². The first-order chi connectivity index (χ1) is 13.1. The molecular weight excluding hydrogens is 357 g/mol. The lowest BCUT2D eigenvalue weighted by atomic mass is 9.88. The van der Waals surface area contributed by atoms with Crippen molar-refractivity contribution >= 4 is 17.5 Å². The zero-order valence-corrected chi connectivity index (χ0v) is 17.6. The maximum atomic E-state index is 14.9. The molecule has 3 rings (SSSR count). The summed E-state index contributed by atoms with van der Waals surface area (Å²) in [5.41, 5.74) is 7.80. The molecule has 1 aromatic rings. The molecule has 1 aromatic carbocycles. The molecule has 28 heavy (non-hydrogen) atoms. The van der Waals surface area contributed by atoms with Crippen molar-refractivity contribution in [2.24, 2.45) is 5.92 Å². The summed E-state index contributed by atoms with van der Waals surface area (Å²) in [6.07, 6.45) is 3.46. The van der Waals surface area contributed by atoms with E-state index >= 15 is 0 Å².